The number of carbonyl (C=O) groups excluding carboxylic acids is 1. The van der Waals surface area contributed by atoms with Gasteiger partial charge in [0.2, 0.25) is 0 Å². The average Bonchev–Trinajstić information content (AvgIpc) is 3.08. The molecule has 1 saturated heterocycles. The van der Waals surface area contributed by atoms with E-state index in [-0.39, 0.29) is 5.91 Å². The van der Waals surface area contributed by atoms with E-state index in [0.717, 1.165) is 30.0 Å². The maximum atomic E-state index is 12.5. The lowest BCUT2D eigenvalue weighted by Gasteiger charge is -2.33. The molecule has 1 aromatic heterocycles. The number of methoxy groups -OCH3 is 1. The van der Waals surface area contributed by atoms with E-state index in [1.807, 2.05) is 30.3 Å². The second kappa shape index (κ2) is 9.04. The lowest BCUT2D eigenvalue weighted by Crippen LogP contribution is -2.39. The molecule has 0 spiro atoms. The van der Waals surface area contributed by atoms with Crippen LogP contribution < -0.4 is 10.1 Å². The van der Waals surface area contributed by atoms with Crippen LogP contribution in [0.2, 0.25) is 0 Å². The molecule has 0 aliphatic carbocycles. The molecule has 6 nitrogen and oxygen atoms in total. The summed E-state index contributed by atoms with van der Waals surface area (Å²) in [5.41, 5.74) is 2.32. The van der Waals surface area contributed by atoms with Crippen LogP contribution in [0.4, 0.5) is 0 Å². The van der Waals surface area contributed by atoms with Crippen LogP contribution >= 0.6 is 0 Å². The van der Waals surface area contributed by atoms with Crippen molar-refractivity contribution in [1.82, 2.24) is 20.0 Å². The molecule has 1 aliphatic heterocycles. The van der Waals surface area contributed by atoms with Gasteiger partial charge >= 0.3 is 0 Å². The van der Waals surface area contributed by atoms with Crippen molar-refractivity contribution >= 4 is 5.91 Å². The second-order valence-corrected chi connectivity index (χ2v) is 7.26. The fraction of sp³-hybridized carbons (Fsp3) is 0.524. The van der Waals surface area contributed by atoms with Crippen LogP contribution in [0.1, 0.15) is 43.1 Å². The van der Waals surface area contributed by atoms with Gasteiger partial charge in [-0.2, -0.15) is 5.10 Å². The van der Waals surface area contributed by atoms with Gasteiger partial charge in [-0.05, 0) is 63.1 Å². The lowest BCUT2D eigenvalue weighted by atomic mass is 10.0. The molecule has 27 heavy (non-hydrogen) atoms. The number of benzene rings is 1. The third kappa shape index (κ3) is 4.89. The summed E-state index contributed by atoms with van der Waals surface area (Å²) in [6.45, 7) is 5.21. The predicted molar refractivity (Wildman–Crippen MR) is 107 cm³/mol. The summed E-state index contributed by atoms with van der Waals surface area (Å²) in [5, 5.41) is 7.51. The Morgan fingerprint density at radius 1 is 1.30 bits per heavy atom. The van der Waals surface area contributed by atoms with Crippen LogP contribution in [0.15, 0.2) is 30.3 Å². The first kappa shape index (κ1) is 19.4. The zero-order chi connectivity index (χ0) is 19.2. The van der Waals surface area contributed by atoms with Crippen molar-refractivity contribution in [3.63, 3.8) is 0 Å². The number of hydrogen-bond acceptors (Lipinski definition) is 4. The monoisotopic (exact) mass is 370 g/mol. The van der Waals surface area contributed by atoms with Gasteiger partial charge in [0.15, 0.2) is 0 Å². The van der Waals surface area contributed by atoms with Gasteiger partial charge in [0.25, 0.3) is 5.91 Å². The lowest BCUT2D eigenvalue weighted by molar-refractivity contribution is 0.0939. The van der Waals surface area contributed by atoms with Crippen LogP contribution in [0.5, 0.6) is 5.75 Å². The molecule has 1 fully saturated rings. The van der Waals surface area contributed by atoms with E-state index >= 15 is 0 Å². The fourth-order valence-electron chi connectivity index (χ4n) is 3.65. The number of piperidine rings is 1. The Bertz CT molecular complexity index is 754. The van der Waals surface area contributed by atoms with Crippen molar-refractivity contribution in [2.45, 2.75) is 38.6 Å². The summed E-state index contributed by atoms with van der Waals surface area (Å²) in [4.78, 5) is 15.0. The molecular formula is C21H30N4O2. The van der Waals surface area contributed by atoms with Gasteiger partial charge in [-0.15, -0.1) is 0 Å². The SMILES string of the molecule is COc1ccc(-c2cc(C(=O)NCCCN3CCCCC3C)n(C)n2)cc1. The van der Waals surface area contributed by atoms with Crippen molar-refractivity contribution in [2.75, 3.05) is 26.7 Å². The first-order valence-electron chi connectivity index (χ1n) is 9.79. The van der Waals surface area contributed by atoms with Gasteiger partial charge in [0.05, 0.1) is 12.8 Å². The maximum Gasteiger partial charge on any atom is 0.269 e. The minimum Gasteiger partial charge on any atom is -0.497 e. The van der Waals surface area contributed by atoms with E-state index in [1.54, 1.807) is 18.8 Å². The van der Waals surface area contributed by atoms with Crippen molar-refractivity contribution in [3.05, 3.63) is 36.0 Å². The van der Waals surface area contributed by atoms with Gasteiger partial charge in [0.1, 0.15) is 11.4 Å². The highest BCUT2D eigenvalue weighted by Gasteiger charge is 2.18. The zero-order valence-corrected chi connectivity index (χ0v) is 16.6. The average molecular weight is 370 g/mol. The molecule has 1 aliphatic rings. The van der Waals surface area contributed by atoms with E-state index in [0.29, 0.717) is 18.3 Å². The number of carbonyl (C=O) groups is 1. The summed E-state index contributed by atoms with van der Waals surface area (Å²) in [7, 11) is 3.45. The number of aryl methyl sites for hydroxylation is 1. The largest absolute Gasteiger partial charge is 0.497 e. The quantitative estimate of drug-likeness (QED) is 0.761. The fourth-order valence-corrected chi connectivity index (χ4v) is 3.65. The number of rotatable bonds is 7. The summed E-state index contributed by atoms with van der Waals surface area (Å²) >= 11 is 0. The molecule has 1 atom stereocenters. The molecule has 146 valence electrons. The van der Waals surface area contributed by atoms with E-state index in [4.69, 9.17) is 4.74 Å². The standard InChI is InChI=1S/C21H30N4O2/c1-16-7-4-5-13-25(16)14-6-12-22-21(26)20-15-19(23-24(20)2)17-8-10-18(27-3)11-9-17/h8-11,15-16H,4-7,12-14H2,1-3H3,(H,22,26). The number of hydrogen-bond donors (Lipinski definition) is 1. The predicted octanol–water partition coefficient (Wildman–Crippen LogP) is 3.09. The van der Waals surface area contributed by atoms with Crippen LogP contribution in [-0.4, -0.2) is 53.4 Å². The molecule has 0 saturated carbocycles. The molecule has 3 rings (SSSR count). The smallest absolute Gasteiger partial charge is 0.269 e. The third-order valence-electron chi connectivity index (χ3n) is 5.35. The van der Waals surface area contributed by atoms with Crippen LogP contribution in [-0.2, 0) is 7.05 Å². The van der Waals surface area contributed by atoms with Crippen molar-refractivity contribution < 1.29 is 9.53 Å². The molecule has 0 radical (unpaired) electrons. The Morgan fingerprint density at radius 3 is 2.78 bits per heavy atom. The van der Waals surface area contributed by atoms with E-state index in [2.05, 4.69) is 22.2 Å². The Hall–Kier alpha value is -2.34. The van der Waals surface area contributed by atoms with Crippen LogP contribution in [0.25, 0.3) is 11.3 Å². The van der Waals surface area contributed by atoms with Gasteiger partial charge < -0.3 is 15.0 Å². The zero-order valence-electron chi connectivity index (χ0n) is 16.6. The Kier molecular flexibility index (Phi) is 6.50. The summed E-state index contributed by atoms with van der Waals surface area (Å²) in [6.07, 6.45) is 4.89. The van der Waals surface area contributed by atoms with Crippen LogP contribution in [0.3, 0.4) is 0 Å². The Labute approximate surface area is 161 Å². The number of ether oxygens (including phenoxy) is 1. The topological polar surface area (TPSA) is 59.4 Å². The van der Waals surface area contributed by atoms with Gasteiger partial charge in [-0.3, -0.25) is 9.48 Å². The molecule has 1 N–H and O–H groups in total. The number of nitrogens with zero attached hydrogens (tertiary/aromatic N) is 3. The molecule has 6 heteroatoms. The summed E-state index contributed by atoms with van der Waals surface area (Å²) < 4.78 is 6.82. The highest BCUT2D eigenvalue weighted by atomic mass is 16.5. The molecule has 2 aromatic rings. The van der Waals surface area contributed by atoms with E-state index in [1.165, 1.54) is 25.8 Å². The number of amides is 1. The maximum absolute atomic E-state index is 12.5. The summed E-state index contributed by atoms with van der Waals surface area (Å²) in [6, 6.07) is 10.2. The van der Waals surface area contributed by atoms with E-state index in [9.17, 15) is 4.79 Å². The molecule has 0 bridgehead atoms. The minimum absolute atomic E-state index is 0.0727. The molecule has 1 aromatic carbocycles. The highest BCUT2D eigenvalue weighted by Crippen LogP contribution is 2.22. The number of aromatic nitrogens is 2. The molecule has 1 unspecified atom stereocenters. The third-order valence-corrected chi connectivity index (χ3v) is 5.35. The first-order chi connectivity index (χ1) is 13.1. The van der Waals surface area contributed by atoms with Gasteiger partial charge in [-0.25, -0.2) is 0 Å². The summed E-state index contributed by atoms with van der Waals surface area (Å²) in [5.74, 6) is 0.729. The Balaban J connectivity index is 1.53. The van der Waals surface area contributed by atoms with Crippen molar-refractivity contribution in [3.8, 4) is 17.0 Å². The van der Waals surface area contributed by atoms with Gasteiger partial charge in [0, 0.05) is 31.7 Å². The normalized spacial score (nSPS) is 17.7. The second-order valence-electron chi connectivity index (χ2n) is 7.26. The first-order valence-corrected chi connectivity index (χ1v) is 9.79. The molecule has 2 heterocycles. The molecule has 1 amide bonds. The van der Waals surface area contributed by atoms with Crippen molar-refractivity contribution in [1.29, 1.82) is 0 Å². The number of nitrogens with one attached hydrogen (secondary N) is 1. The van der Waals surface area contributed by atoms with Crippen molar-refractivity contribution in [2.24, 2.45) is 7.05 Å². The Morgan fingerprint density at radius 2 is 2.07 bits per heavy atom. The molecular weight excluding hydrogens is 340 g/mol. The van der Waals surface area contributed by atoms with E-state index < -0.39 is 0 Å². The minimum atomic E-state index is -0.0727. The number of likely N-dealkylation sites (tertiary alicyclic amines) is 1. The van der Waals surface area contributed by atoms with Gasteiger partial charge in [-0.1, -0.05) is 6.42 Å². The van der Waals surface area contributed by atoms with Crippen LogP contribution in [0, 0.1) is 0 Å². The highest BCUT2D eigenvalue weighted by molar-refractivity contribution is 5.93.